The van der Waals surface area contributed by atoms with E-state index in [9.17, 15) is 4.79 Å². The fourth-order valence-electron chi connectivity index (χ4n) is 4.00. The van der Waals surface area contributed by atoms with Crippen LogP contribution in [0.5, 0.6) is 0 Å². The van der Waals surface area contributed by atoms with Crippen LogP contribution in [0.4, 0.5) is 0 Å². The van der Waals surface area contributed by atoms with Crippen molar-refractivity contribution in [1.82, 2.24) is 20.2 Å². The zero-order valence-electron chi connectivity index (χ0n) is 15.1. The second-order valence-electron chi connectivity index (χ2n) is 7.23. The van der Waals surface area contributed by atoms with Crippen molar-refractivity contribution in [3.63, 3.8) is 0 Å². The number of para-hydroxylation sites is 2. The molecular weight excluding hydrogens is 368 g/mol. The maximum Gasteiger partial charge on any atom is 0.232 e. The standard InChI is InChI=1S/C19H26N4OS.ClH/c1-13(19-21-16-4-2-3-5-17(16)22-19)25-12-18(24)23-8-6-14-10-20-11-15(14)7-9-23;/h2-5,13-15,20H,6-12H2,1H3,(H,21,22);1H/t13?,14-,15+;. The molecule has 2 aromatic rings. The van der Waals surface area contributed by atoms with E-state index in [1.807, 2.05) is 24.3 Å². The molecule has 1 amide bonds. The summed E-state index contributed by atoms with van der Waals surface area (Å²) in [4.78, 5) is 22.7. The lowest BCUT2D eigenvalue weighted by molar-refractivity contribution is -0.128. The number of hydrogen-bond acceptors (Lipinski definition) is 4. The van der Waals surface area contributed by atoms with E-state index < -0.39 is 0 Å². The zero-order valence-corrected chi connectivity index (χ0v) is 16.7. The van der Waals surface area contributed by atoms with E-state index in [0.717, 1.165) is 67.7 Å². The first-order valence-corrected chi connectivity index (χ1v) is 10.3. The van der Waals surface area contributed by atoms with Crippen LogP contribution in [-0.2, 0) is 4.79 Å². The van der Waals surface area contributed by atoms with Crippen molar-refractivity contribution in [3.8, 4) is 0 Å². The predicted octanol–water partition coefficient (Wildman–Crippen LogP) is 3.24. The summed E-state index contributed by atoms with van der Waals surface area (Å²) in [6.45, 7) is 6.21. The van der Waals surface area contributed by atoms with Crippen molar-refractivity contribution in [3.05, 3.63) is 30.1 Å². The van der Waals surface area contributed by atoms with Crippen molar-refractivity contribution >= 4 is 41.1 Å². The Morgan fingerprint density at radius 3 is 2.65 bits per heavy atom. The molecule has 5 nitrogen and oxygen atoms in total. The van der Waals surface area contributed by atoms with Gasteiger partial charge in [-0.1, -0.05) is 12.1 Å². The summed E-state index contributed by atoms with van der Waals surface area (Å²) in [5.74, 6) is 3.29. The maximum absolute atomic E-state index is 12.6. The number of aromatic amines is 1. The van der Waals surface area contributed by atoms with Crippen molar-refractivity contribution in [2.24, 2.45) is 11.8 Å². The second kappa shape index (κ2) is 8.63. The number of fused-ring (bicyclic) bond motifs is 2. The van der Waals surface area contributed by atoms with E-state index in [1.54, 1.807) is 11.8 Å². The van der Waals surface area contributed by atoms with Gasteiger partial charge in [0.15, 0.2) is 0 Å². The molecule has 0 aliphatic carbocycles. The summed E-state index contributed by atoms with van der Waals surface area (Å²) in [5, 5.41) is 3.67. The third-order valence-electron chi connectivity index (χ3n) is 5.62. The Labute approximate surface area is 165 Å². The van der Waals surface area contributed by atoms with Crippen LogP contribution in [0, 0.1) is 11.8 Å². The van der Waals surface area contributed by atoms with Crippen molar-refractivity contribution in [2.75, 3.05) is 31.9 Å². The van der Waals surface area contributed by atoms with Crippen LogP contribution in [0.2, 0.25) is 0 Å². The maximum atomic E-state index is 12.6. The molecule has 0 saturated carbocycles. The summed E-state index contributed by atoms with van der Waals surface area (Å²) in [6.07, 6.45) is 2.29. The molecule has 1 unspecified atom stereocenters. The summed E-state index contributed by atoms with van der Waals surface area (Å²) in [6, 6.07) is 8.06. The van der Waals surface area contributed by atoms with Crippen molar-refractivity contribution < 1.29 is 4.79 Å². The lowest BCUT2D eigenvalue weighted by atomic mass is 9.92. The lowest BCUT2D eigenvalue weighted by Gasteiger charge is -2.21. The van der Waals surface area contributed by atoms with Gasteiger partial charge in [0.1, 0.15) is 5.82 Å². The van der Waals surface area contributed by atoms with E-state index in [0.29, 0.717) is 5.75 Å². The van der Waals surface area contributed by atoms with Crippen LogP contribution >= 0.6 is 24.2 Å². The van der Waals surface area contributed by atoms with Crippen LogP contribution in [-0.4, -0.2) is 52.7 Å². The highest BCUT2D eigenvalue weighted by molar-refractivity contribution is 8.00. The summed E-state index contributed by atoms with van der Waals surface area (Å²) >= 11 is 1.68. The number of nitrogens with zero attached hydrogens (tertiary/aromatic N) is 2. The minimum absolute atomic E-state index is 0. The first-order valence-electron chi connectivity index (χ1n) is 9.25. The van der Waals surface area contributed by atoms with E-state index in [2.05, 4.69) is 27.1 Å². The van der Waals surface area contributed by atoms with Gasteiger partial charge in [-0.2, -0.15) is 0 Å². The quantitative estimate of drug-likeness (QED) is 0.835. The van der Waals surface area contributed by atoms with Gasteiger partial charge in [-0.25, -0.2) is 4.98 Å². The van der Waals surface area contributed by atoms with E-state index >= 15 is 0 Å². The normalized spacial score (nSPS) is 24.0. The third kappa shape index (κ3) is 4.18. The van der Waals surface area contributed by atoms with Crippen LogP contribution in [0.1, 0.15) is 30.8 Å². The Morgan fingerprint density at radius 1 is 1.27 bits per heavy atom. The SMILES string of the molecule is CC(SCC(=O)N1CC[C@@H]2CNC[C@@H]2CC1)c1nc2ccccc2[nH]1.Cl. The molecule has 142 valence electrons. The zero-order chi connectivity index (χ0) is 17.2. The minimum atomic E-state index is 0. The molecule has 7 heteroatoms. The number of likely N-dealkylation sites (tertiary alicyclic amines) is 1. The minimum Gasteiger partial charge on any atom is -0.342 e. The smallest absolute Gasteiger partial charge is 0.232 e. The number of imidazole rings is 1. The van der Waals surface area contributed by atoms with Crippen LogP contribution in [0.25, 0.3) is 11.0 Å². The molecule has 1 aromatic carbocycles. The third-order valence-corrected chi connectivity index (χ3v) is 6.76. The predicted molar refractivity (Wildman–Crippen MR) is 110 cm³/mol. The molecule has 2 saturated heterocycles. The molecule has 26 heavy (non-hydrogen) atoms. The fourth-order valence-corrected chi connectivity index (χ4v) is 4.84. The van der Waals surface area contributed by atoms with E-state index in [4.69, 9.17) is 0 Å². The number of halogens is 1. The van der Waals surface area contributed by atoms with Crippen LogP contribution in [0.15, 0.2) is 24.3 Å². The molecule has 3 heterocycles. The molecule has 2 N–H and O–H groups in total. The number of rotatable bonds is 4. The highest BCUT2D eigenvalue weighted by Crippen LogP contribution is 2.30. The molecule has 0 bridgehead atoms. The van der Waals surface area contributed by atoms with Gasteiger partial charge in [-0.3, -0.25) is 4.79 Å². The van der Waals surface area contributed by atoms with Gasteiger partial charge in [-0.05, 0) is 56.8 Å². The number of thioether (sulfide) groups is 1. The van der Waals surface area contributed by atoms with Gasteiger partial charge in [0.25, 0.3) is 0 Å². The van der Waals surface area contributed by atoms with Gasteiger partial charge >= 0.3 is 0 Å². The number of hydrogen-bond donors (Lipinski definition) is 2. The fraction of sp³-hybridized carbons (Fsp3) is 0.579. The second-order valence-corrected chi connectivity index (χ2v) is 8.56. The Morgan fingerprint density at radius 2 is 1.96 bits per heavy atom. The number of amides is 1. The number of carbonyl (C=O) groups excluding carboxylic acids is 1. The molecule has 2 aliphatic heterocycles. The average Bonchev–Trinajstić information content (AvgIpc) is 3.21. The van der Waals surface area contributed by atoms with E-state index in [-0.39, 0.29) is 23.6 Å². The highest BCUT2D eigenvalue weighted by Gasteiger charge is 2.31. The first-order chi connectivity index (χ1) is 12.2. The van der Waals surface area contributed by atoms with Crippen LogP contribution in [0.3, 0.4) is 0 Å². The topological polar surface area (TPSA) is 61.0 Å². The molecule has 4 rings (SSSR count). The monoisotopic (exact) mass is 394 g/mol. The number of benzene rings is 1. The molecular formula is C19H27ClN4OS. The van der Waals surface area contributed by atoms with Gasteiger partial charge in [-0.15, -0.1) is 24.2 Å². The molecule has 3 atom stereocenters. The molecule has 1 aromatic heterocycles. The average molecular weight is 395 g/mol. The van der Waals surface area contributed by atoms with Gasteiger partial charge in [0.05, 0.1) is 22.0 Å². The van der Waals surface area contributed by atoms with Crippen molar-refractivity contribution in [2.45, 2.75) is 25.0 Å². The Balaban J connectivity index is 0.00000196. The largest absolute Gasteiger partial charge is 0.342 e. The lowest BCUT2D eigenvalue weighted by Crippen LogP contribution is -2.34. The first kappa shape index (κ1) is 19.5. The number of H-pyrrole nitrogens is 1. The summed E-state index contributed by atoms with van der Waals surface area (Å²) < 4.78 is 0. The highest BCUT2D eigenvalue weighted by atomic mass is 35.5. The Hall–Kier alpha value is -1.24. The Kier molecular flexibility index (Phi) is 6.48. The molecule has 0 spiro atoms. The summed E-state index contributed by atoms with van der Waals surface area (Å²) in [5.41, 5.74) is 2.05. The Bertz CT molecular complexity index is 705. The van der Waals surface area contributed by atoms with Gasteiger partial charge in [0.2, 0.25) is 5.91 Å². The number of aromatic nitrogens is 2. The van der Waals surface area contributed by atoms with E-state index in [1.165, 1.54) is 0 Å². The number of nitrogens with one attached hydrogen (secondary N) is 2. The van der Waals surface area contributed by atoms with Gasteiger partial charge in [0, 0.05) is 13.1 Å². The van der Waals surface area contributed by atoms with Crippen LogP contribution < -0.4 is 5.32 Å². The number of carbonyl (C=O) groups is 1. The molecule has 2 aliphatic rings. The molecule has 0 radical (unpaired) electrons. The van der Waals surface area contributed by atoms with Gasteiger partial charge < -0.3 is 15.2 Å². The summed E-state index contributed by atoms with van der Waals surface area (Å²) in [7, 11) is 0. The molecule has 2 fully saturated rings. The van der Waals surface area contributed by atoms with Crippen molar-refractivity contribution in [1.29, 1.82) is 0 Å².